The van der Waals surface area contributed by atoms with Crippen molar-refractivity contribution < 1.29 is 5.11 Å². The molecule has 12 heavy (non-hydrogen) atoms. The lowest BCUT2D eigenvalue weighted by Crippen LogP contribution is -2.01. The zero-order valence-electron chi connectivity index (χ0n) is 6.92. The van der Waals surface area contributed by atoms with Gasteiger partial charge in [-0.1, -0.05) is 30.3 Å². The van der Waals surface area contributed by atoms with E-state index in [4.69, 9.17) is 11.6 Å². The van der Waals surface area contributed by atoms with Crippen LogP contribution in [0, 0.1) is 0 Å². The number of benzene rings is 1. The van der Waals surface area contributed by atoms with Gasteiger partial charge in [0.25, 0.3) is 0 Å². The maximum absolute atomic E-state index is 9.21. The Hall–Kier alpha value is -0.790. The van der Waals surface area contributed by atoms with Gasteiger partial charge >= 0.3 is 0 Å². The Morgan fingerprint density at radius 3 is 2.33 bits per heavy atom. The fraction of sp³-hybridized carbons (Fsp3) is 0.200. The Labute approximate surface area is 77.3 Å². The van der Waals surface area contributed by atoms with Gasteiger partial charge in [0.05, 0.1) is 6.10 Å². The average Bonchev–Trinajstić information content (AvgIpc) is 2.04. The first-order valence-electron chi connectivity index (χ1n) is 3.74. The van der Waals surface area contributed by atoms with E-state index in [9.17, 15) is 5.11 Å². The van der Waals surface area contributed by atoms with Crippen molar-refractivity contribution in [3.8, 4) is 0 Å². The quantitative estimate of drug-likeness (QED) is 0.746. The van der Waals surface area contributed by atoms with E-state index in [1.54, 1.807) is 19.1 Å². The molecule has 0 radical (unpaired) electrons. The molecule has 1 rings (SSSR count). The topological polar surface area (TPSA) is 20.2 Å². The zero-order chi connectivity index (χ0) is 9.14. The average molecular weight is 183 g/mol. The summed E-state index contributed by atoms with van der Waals surface area (Å²) in [6, 6.07) is 7.25. The van der Waals surface area contributed by atoms with Gasteiger partial charge in [0.1, 0.15) is 0 Å². The molecule has 0 spiro atoms. The summed E-state index contributed by atoms with van der Waals surface area (Å²) < 4.78 is 0. The van der Waals surface area contributed by atoms with Crippen LogP contribution >= 0.6 is 11.6 Å². The first-order valence-corrected chi connectivity index (χ1v) is 4.12. The third-order valence-electron chi connectivity index (χ3n) is 1.72. The van der Waals surface area contributed by atoms with E-state index in [-0.39, 0.29) is 0 Å². The molecule has 0 bridgehead atoms. The number of aliphatic hydroxyl groups is 1. The van der Waals surface area contributed by atoms with Crippen LogP contribution in [-0.4, -0.2) is 11.2 Å². The standard InChI is InChI=1S/C10H11ClO/c1-7(8(2)12)9-3-5-10(11)6-4-9/h3-6,8,12H,1H2,2H3/t8-/m1/s1. The van der Waals surface area contributed by atoms with E-state index >= 15 is 0 Å². The van der Waals surface area contributed by atoms with Crippen LogP contribution in [-0.2, 0) is 0 Å². The second-order valence-electron chi connectivity index (χ2n) is 2.71. The molecule has 0 fully saturated rings. The Kier molecular flexibility index (Phi) is 2.90. The molecule has 0 aromatic heterocycles. The van der Waals surface area contributed by atoms with Gasteiger partial charge in [-0.05, 0) is 30.2 Å². The highest BCUT2D eigenvalue weighted by Crippen LogP contribution is 2.18. The van der Waals surface area contributed by atoms with E-state index in [2.05, 4.69) is 6.58 Å². The molecule has 1 atom stereocenters. The summed E-state index contributed by atoms with van der Waals surface area (Å²) in [5.41, 5.74) is 1.64. The van der Waals surface area contributed by atoms with E-state index in [0.717, 1.165) is 5.56 Å². The first kappa shape index (κ1) is 9.30. The summed E-state index contributed by atoms with van der Waals surface area (Å²) in [4.78, 5) is 0. The first-order chi connectivity index (χ1) is 5.61. The van der Waals surface area contributed by atoms with Gasteiger partial charge in [0.2, 0.25) is 0 Å². The summed E-state index contributed by atoms with van der Waals surface area (Å²) >= 11 is 5.70. The number of hydrogen-bond acceptors (Lipinski definition) is 1. The summed E-state index contributed by atoms with van der Waals surface area (Å²) in [7, 11) is 0. The number of aliphatic hydroxyl groups excluding tert-OH is 1. The van der Waals surface area contributed by atoms with Gasteiger partial charge < -0.3 is 5.11 Å². The highest BCUT2D eigenvalue weighted by atomic mass is 35.5. The van der Waals surface area contributed by atoms with Gasteiger partial charge in [-0.2, -0.15) is 0 Å². The normalized spacial score (nSPS) is 12.6. The van der Waals surface area contributed by atoms with Crippen LogP contribution in [0.15, 0.2) is 30.8 Å². The Morgan fingerprint density at radius 1 is 1.42 bits per heavy atom. The molecular weight excluding hydrogens is 172 g/mol. The second kappa shape index (κ2) is 3.74. The van der Waals surface area contributed by atoms with E-state index in [1.165, 1.54) is 0 Å². The number of rotatable bonds is 2. The predicted molar refractivity (Wildman–Crippen MR) is 52.2 cm³/mol. The molecule has 1 aromatic rings. The fourth-order valence-corrected chi connectivity index (χ4v) is 1.03. The lowest BCUT2D eigenvalue weighted by molar-refractivity contribution is 0.253. The van der Waals surface area contributed by atoms with Crippen molar-refractivity contribution in [2.75, 3.05) is 0 Å². The highest BCUT2D eigenvalue weighted by molar-refractivity contribution is 6.30. The molecule has 1 nitrogen and oxygen atoms in total. The van der Waals surface area contributed by atoms with Gasteiger partial charge in [-0.25, -0.2) is 0 Å². The van der Waals surface area contributed by atoms with Crippen LogP contribution in [0.2, 0.25) is 5.02 Å². The maximum atomic E-state index is 9.21. The monoisotopic (exact) mass is 182 g/mol. The molecule has 0 unspecified atom stereocenters. The van der Waals surface area contributed by atoms with E-state index in [1.807, 2.05) is 12.1 Å². The van der Waals surface area contributed by atoms with Crippen LogP contribution < -0.4 is 0 Å². The Balaban J connectivity index is 2.90. The van der Waals surface area contributed by atoms with Crippen LogP contribution in [0.25, 0.3) is 5.57 Å². The smallest absolute Gasteiger partial charge is 0.0762 e. The summed E-state index contributed by atoms with van der Waals surface area (Å²) in [5, 5.41) is 9.90. The third kappa shape index (κ3) is 2.10. The molecule has 0 saturated heterocycles. The van der Waals surface area contributed by atoms with Crippen molar-refractivity contribution in [1.82, 2.24) is 0 Å². The molecule has 1 aromatic carbocycles. The van der Waals surface area contributed by atoms with Gasteiger partial charge in [0, 0.05) is 5.02 Å². The van der Waals surface area contributed by atoms with Crippen molar-refractivity contribution in [1.29, 1.82) is 0 Å². The molecule has 0 heterocycles. The largest absolute Gasteiger partial charge is 0.389 e. The molecule has 0 aliphatic rings. The SMILES string of the molecule is C=C(c1ccc(Cl)cc1)[C@@H](C)O. The van der Waals surface area contributed by atoms with Gasteiger partial charge in [0.15, 0.2) is 0 Å². The van der Waals surface area contributed by atoms with E-state index < -0.39 is 6.10 Å². The van der Waals surface area contributed by atoms with Crippen molar-refractivity contribution in [2.24, 2.45) is 0 Å². The summed E-state index contributed by atoms with van der Waals surface area (Å²) in [5.74, 6) is 0. The highest BCUT2D eigenvalue weighted by Gasteiger charge is 2.03. The van der Waals surface area contributed by atoms with Crippen molar-refractivity contribution >= 4 is 17.2 Å². The Morgan fingerprint density at radius 2 is 1.92 bits per heavy atom. The lowest BCUT2D eigenvalue weighted by atomic mass is 10.0. The van der Waals surface area contributed by atoms with Crippen LogP contribution in [0.1, 0.15) is 12.5 Å². The minimum atomic E-state index is -0.508. The van der Waals surface area contributed by atoms with Gasteiger partial charge in [-0.3, -0.25) is 0 Å². The molecule has 2 heteroatoms. The second-order valence-corrected chi connectivity index (χ2v) is 3.14. The molecule has 1 N–H and O–H groups in total. The molecule has 64 valence electrons. The predicted octanol–water partition coefficient (Wildman–Crippen LogP) is 2.73. The van der Waals surface area contributed by atoms with Crippen molar-refractivity contribution in [3.05, 3.63) is 41.4 Å². The Bertz CT molecular complexity index is 274. The molecule has 0 aliphatic carbocycles. The molecule has 0 aliphatic heterocycles. The third-order valence-corrected chi connectivity index (χ3v) is 1.97. The molecule has 0 saturated carbocycles. The van der Waals surface area contributed by atoms with Crippen LogP contribution in [0.4, 0.5) is 0 Å². The van der Waals surface area contributed by atoms with Crippen molar-refractivity contribution in [3.63, 3.8) is 0 Å². The fourth-order valence-electron chi connectivity index (χ4n) is 0.905. The van der Waals surface area contributed by atoms with Crippen LogP contribution in [0.5, 0.6) is 0 Å². The minimum Gasteiger partial charge on any atom is -0.389 e. The maximum Gasteiger partial charge on any atom is 0.0762 e. The molecule has 0 amide bonds. The van der Waals surface area contributed by atoms with Crippen molar-refractivity contribution in [2.45, 2.75) is 13.0 Å². The zero-order valence-corrected chi connectivity index (χ0v) is 7.67. The van der Waals surface area contributed by atoms with Gasteiger partial charge in [-0.15, -0.1) is 0 Å². The minimum absolute atomic E-state index is 0.508. The number of halogens is 1. The van der Waals surface area contributed by atoms with E-state index in [0.29, 0.717) is 10.6 Å². The molecular formula is C10H11ClO. The lowest BCUT2D eigenvalue weighted by Gasteiger charge is -2.08. The number of hydrogen-bond donors (Lipinski definition) is 1. The summed E-state index contributed by atoms with van der Waals surface area (Å²) in [6.45, 7) is 5.45. The van der Waals surface area contributed by atoms with Crippen LogP contribution in [0.3, 0.4) is 0 Å². The summed E-state index contributed by atoms with van der Waals surface area (Å²) in [6.07, 6.45) is -0.508.